The number of benzene rings is 1. The number of rotatable bonds is 6. The highest BCUT2D eigenvalue weighted by Gasteiger charge is 2.28. The molecule has 1 unspecified atom stereocenters. The van der Waals surface area contributed by atoms with Gasteiger partial charge in [-0.25, -0.2) is 4.98 Å². The van der Waals surface area contributed by atoms with Crippen molar-refractivity contribution in [2.75, 3.05) is 12.3 Å². The van der Waals surface area contributed by atoms with E-state index in [0.717, 1.165) is 21.6 Å². The highest BCUT2D eigenvalue weighted by Crippen LogP contribution is 2.43. The van der Waals surface area contributed by atoms with Gasteiger partial charge in [-0.2, -0.15) is 0 Å². The van der Waals surface area contributed by atoms with Crippen LogP contribution in [0.5, 0.6) is 5.75 Å². The third kappa shape index (κ3) is 4.78. The summed E-state index contributed by atoms with van der Waals surface area (Å²) in [5.41, 5.74) is 8.33. The molecule has 4 rings (SSSR count). The summed E-state index contributed by atoms with van der Waals surface area (Å²) in [7, 11) is 0. The largest absolute Gasteiger partial charge is 0.486 e. The number of nitrogen functional groups attached to an aromatic ring is 1. The normalized spacial score (nSPS) is 15.0. The van der Waals surface area contributed by atoms with Crippen LogP contribution in [0.25, 0.3) is 16.5 Å². The Balaban J connectivity index is 1.42. The minimum absolute atomic E-state index is 0.0431. The molecule has 2 aromatic heterocycles. The topological polar surface area (TPSA) is 94.3 Å². The molecule has 1 atom stereocenters. The maximum absolute atomic E-state index is 12.2. The number of anilines is 1. The van der Waals surface area contributed by atoms with Gasteiger partial charge in [0.2, 0.25) is 5.91 Å². The van der Waals surface area contributed by atoms with Gasteiger partial charge in [0.1, 0.15) is 17.7 Å². The molecular weight excluding hydrogens is 434 g/mol. The van der Waals surface area contributed by atoms with Crippen molar-refractivity contribution in [3.63, 3.8) is 0 Å². The van der Waals surface area contributed by atoms with Crippen LogP contribution >= 0.6 is 22.9 Å². The number of ether oxygens (including phenoxy) is 1. The molecule has 0 bridgehead atoms. The molecule has 0 saturated heterocycles. The number of halogens is 1. The molecule has 1 aliphatic heterocycles. The Hall–Kier alpha value is -3.16. The highest BCUT2D eigenvalue weighted by atomic mass is 35.5. The van der Waals surface area contributed by atoms with Crippen LogP contribution in [0.1, 0.15) is 27.7 Å². The molecule has 158 valence electrons. The molecule has 3 aromatic rings. The lowest BCUT2D eigenvalue weighted by molar-refractivity contribution is -0.116. The van der Waals surface area contributed by atoms with E-state index in [2.05, 4.69) is 10.3 Å². The van der Waals surface area contributed by atoms with E-state index in [1.54, 1.807) is 37.4 Å². The first-order valence-electron chi connectivity index (χ1n) is 9.67. The van der Waals surface area contributed by atoms with Gasteiger partial charge in [0.05, 0.1) is 16.4 Å². The van der Waals surface area contributed by atoms with Gasteiger partial charge in [-0.3, -0.25) is 9.59 Å². The van der Waals surface area contributed by atoms with Crippen LogP contribution in [0.2, 0.25) is 5.02 Å². The summed E-state index contributed by atoms with van der Waals surface area (Å²) >= 11 is 7.80. The van der Waals surface area contributed by atoms with Gasteiger partial charge < -0.3 is 15.8 Å². The van der Waals surface area contributed by atoms with Crippen molar-refractivity contribution in [2.45, 2.75) is 19.4 Å². The Morgan fingerprint density at radius 1 is 1.29 bits per heavy atom. The lowest BCUT2D eigenvalue weighted by Crippen LogP contribution is -2.33. The van der Waals surface area contributed by atoms with Crippen molar-refractivity contribution < 1.29 is 14.3 Å². The number of amides is 1. The molecule has 0 fully saturated rings. The van der Waals surface area contributed by atoms with Gasteiger partial charge in [0.25, 0.3) is 0 Å². The fraction of sp³-hybridized carbons (Fsp3) is 0.174. The summed E-state index contributed by atoms with van der Waals surface area (Å²) in [4.78, 5) is 29.5. The number of aromatic nitrogens is 1. The summed E-state index contributed by atoms with van der Waals surface area (Å²) in [6, 6.07) is 11.0. The molecule has 1 aromatic carbocycles. The Labute approximate surface area is 188 Å². The number of hydrogen-bond acceptors (Lipinski definition) is 6. The first-order chi connectivity index (χ1) is 14.9. The van der Waals surface area contributed by atoms with Crippen LogP contribution in [-0.2, 0) is 11.2 Å². The lowest BCUT2D eigenvalue weighted by Gasteiger charge is -2.11. The number of nitrogens with zero attached hydrogens (tertiary/aromatic N) is 1. The maximum Gasteiger partial charge on any atom is 0.244 e. The summed E-state index contributed by atoms with van der Waals surface area (Å²) in [6.45, 7) is 1.90. The number of carbonyl (C=O) groups excluding carboxylic acids is 2. The molecule has 1 amide bonds. The van der Waals surface area contributed by atoms with Gasteiger partial charge in [-0.15, -0.1) is 11.3 Å². The standard InChI is InChI=1S/C23H20ClN3O3S/c1-13(28)19-6-7-20(31-19)16-4-5-18(24)23-17(16)10-15(30-23)12-27-22(29)9-3-14-2-8-21(25)26-11-14/h2-9,11,15H,10,12H2,1H3,(H2,25,26)(H,27,29)/b9-3+. The summed E-state index contributed by atoms with van der Waals surface area (Å²) in [5.74, 6) is 0.880. The van der Waals surface area contributed by atoms with E-state index < -0.39 is 0 Å². The number of nitrogens with two attached hydrogens (primary N) is 1. The highest BCUT2D eigenvalue weighted by molar-refractivity contribution is 7.17. The molecule has 0 spiro atoms. The summed E-state index contributed by atoms with van der Waals surface area (Å²) < 4.78 is 6.02. The monoisotopic (exact) mass is 453 g/mol. The van der Waals surface area contributed by atoms with Gasteiger partial charge in [-0.05, 0) is 54.5 Å². The quantitative estimate of drug-likeness (QED) is 0.426. The number of nitrogens with one attached hydrogen (secondary N) is 1. The molecule has 0 radical (unpaired) electrons. The number of pyridine rings is 1. The van der Waals surface area contributed by atoms with Gasteiger partial charge in [0.15, 0.2) is 5.78 Å². The minimum Gasteiger partial charge on any atom is -0.486 e. The van der Waals surface area contributed by atoms with Crippen molar-refractivity contribution in [3.8, 4) is 16.2 Å². The molecular formula is C23H20ClN3O3S. The Morgan fingerprint density at radius 2 is 2.13 bits per heavy atom. The maximum atomic E-state index is 12.2. The van der Waals surface area contributed by atoms with E-state index in [4.69, 9.17) is 22.1 Å². The number of fused-ring (bicyclic) bond motifs is 1. The van der Waals surface area contributed by atoms with Gasteiger partial charge in [-0.1, -0.05) is 17.7 Å². The predicted octanol–water partition coefficient (Wildman–Crippen LogP) is 4.38. The van der Waals surface area contributed by atoms with E-state index in [9.17, 15) is 9.59 Å². The Kier molecular flexibility index (Phi) is 6.06. The second kappa shape index (κ2) is 8.91. The molecule has 3 heterocycles. The zero-order valence-electron chi connectivity index (χ0n) is 16.7. The first-order valence-corrected chi connectivity index (χ1v) is 10.9. The van der Waals surface area contributed by atoms with Crippen molar-refractivity contribution in [1.82, 2.24) is 10.3 Å². The Morgan fingerprint density at radius 3 is 2.84 bits per heavy atom. The number of Topliss-reactive ketones (excluding diaryl/α,β-unsaturated/α-hetero) is 1. The summed E-state index contributed by atoms with van der Waals surface area (Å²) in [6.07, 6.45) is 5.11. The molecule has 3 N–H and O–H groups in total. The van der Waals surface area contributed by atoms with E-state index >= 15 is 0 Å². The Bertz CT molecular complexity index is 1170. The average Bonchev–Trinajstić information content (AvgIpc) is 3.40. The third-order valence-electron chi connectivity index (χ3n) is 4.89. The zero-order valence-corrected chi connectivity index (χ0v) is 18.3. The average molecular weight is 454 g/mol. The molecule has 1 aliphatic rings. The predicted molar refractivity (Wildman–Crippen MR) is 124 cm³/mol. The first kappa shape index (κ1) is 21.1. The fourth-order valence-electron chi connectivity index (χ4n) is 3.34. The number of carbonyl (C=O) groups is 2. The van der Waals surface area contributed by atoms with E-state index in [0.29, 0.717) is 34.4 Å². The van der Waals surface area contributed by atoms with Crippen molar-refractivity contribution in [3.05, 3.63) is 69.7 Å². The molecule has 8 heteroatoms. The van der Waals surface area contributed by atoms with E-state index in [1.807, 2.05) is 18.2 Å². The van der Waals surface area contributed by atoms with Crippen LogP contribution < -0.4 is 15.8 Å². The molecule has 6 nitrogen and oxygen atoms in total. The third-order valence-corrected chi connectivity index (χ3v) is 6.40. The smallest absolute Gasteiger partial charge is 0.244 e. The fourth-order valence-corrected chi connectivity index (χ4v) is 4.52. The zero-order chi connectivity index (χ0) is 22.0. The van der Waals surface area contributed by atoms with Crippen molar-refractivity contribution in [1.29, 1.82) is 0 Å². The molecule has 0 saturated carbocycles. The second-order valence-corrected chi connectivity index (χ2v) is 8.65. The van der Waals surface area contributed by atoms with Crippen LogP contribution in [-0.4, -0.2) is 29.3 Å². The SMILES string of the molecule is CC(=O)c1ccc(-c2ccc(Cl)c3c2CC(CNC(=O)/C=C/c2ccc(N)nc2)O3)s1. The molecule has 0 aliphatic carbocycles. The van der Waals surface area contributed by atoms with Crippen LogP contribution in [0.3, 0.4) is 0 Å². The number of thiophene rings is 1. The summed E-state index contributed by atoms with van der Waals surface area (Å²) in [5, 5.41) is 3.39. The van der Waals surface area contributed by atoms with Crippen LogP contribution in [0, 0.1) is 0 Å². The number of ketones is 1. The van der Waals surface area contributed by atoms with E-state index in [-0.39, 0.29) is 17.8 Å². The van der Waals surface area contributed by atoms with Crippen LogP contribution in [0.4, 0.5) is 5.82 Å². The lowest BCUT2D eigenvalue weighted by atomic mass is 10.0. The van der Waals surface area contributed by atoms with Gasteiger partial charge >= 0.3 is 0 Å². The van der Waals surface area contributed by atoms with Crippen molar-refractivity contribution >= 4 is 46.5 Å². The second-order valence-electron chi connectivity index (χ2n) is 7.16. The van der Waals surface area contributed by atoms with Gasteiger partial charge in [0, 0.05) is 29.1 Å². The molecule has 31 heavy (non-hydrogen) atoms. The van der Waals surface area contributed by atoms with Crippen molar-refractivity contribution in [2.24, 2.45) is 0 Å². The van der Waals surface area contributed by atoms with E-state index in [1.165, 1.54) is 17.4 Å². The van der Waals surface area contributed by atoms with Crippen LogP contribution in [0.15, 0.2) is 48.7 Å². The minimum atomic E-state index is -0.230. The number of hydrogen-bond donors (Lipinski definition) is 2.